The van der Waals surface area contributed by atoms with Crippen molar-refractivity contribution in [3.8, 4) is 5.75 Å². The summed E-state index contributed by atoms with van der Waals surface area (Å²) in [7, 11) is -4.05. The Kier molecular flexibility index (Phi) is 9.39. The number of sulfonamides is 1. The molecule has 0 saturated carbocycles. The molecule has 0 aromatic heterocycles. The lowest BCUT2D eigenvalue weighted by Gasteiger charge is -2.34. The zero-order chi connectivity index (χ0) is 28.0. The second kappa shape index (κ2) is 12.6. The normalized spacial score (nSPS) is 19.6. The number of benzene rings is 2. The van der Waals surface area contributed by atoms with E-state index in [1.807, 2.05) is 24.3 Å². The van der Waals surface area contributed by atoms with Gasteiger partial charge in [-0.3, -0.25) is 4.90 Å². The van der Waals surface area contributed by atoms with E-state index < -0.39 is 21.8 Å². The lowest BCUT2D eigenvalue weighted by atomic mass is 10.0. The number of carbonyl (C=O) groups is 1. The van der Waals surface area contributed by atoms with Crippen molar-refractivity contribution in [3.05, 3.63) is 59.7 Å². The Bertz CT molecular complexity index is 1220. The third-order valence-electron chi connectivity index (χ3n) is 6.99. The molecule has 2 aliphatic heterocycles. The van der Waals surface area contributed by atoms with Crippen molar-refractivity contribution in [1.82, 2.24) is 14.1 Å². The van der Waals surface area contributed by atoms with Crippen LogP contribution in [0.5, 0.6) is 5.75 Å². The molecule has 2 saturated heterocycles. The molecule has 2 aromatic rings. The van der Waals surface area contributed by atoms with Crippen molar-refractivity contribution < 1.29 is 35.9 Å². The number of alkyl halides is 3. The third-order valence-corrected chi connectivity index (χ3v) is 8.86. The van der Waals surface area contributed by atoms with Gasteiger partial charge in [-0.05, 0) is 55.7 Å². The number of carbonyl (C=O) groups excluding carboxylic acids is 1. The number of piperazine rings is 1. The molecule has 0 aliphatic carbocycles. The molecule has 2 heterocycles. The second-order valence-corrected chi connectivity index (χ2v) is 11.8. The average molecular weight is 570 g/mol. The Hall–Kier alpha value is -2.83. The molecule has 0 spiro atoms. The van der Waals surface area contributed by atoms with Crippen LogP contribution in [0.2, 0.25) is 0 Å². The van der Waals surface area contributed by atoms with E-state index in [4.69, 9.17) is 9.47 Å². The molecule has 0 radical (unpaired) electrons. The Morgan fingerprint density at radius 2 is 1.74 bits per heavy atom. The van der Waals surface area contributed by atoms with Gasteiger partial charge in [0.15, 0.2) is 0 Å². The van der Waals surface area contributed by atoms with Crippen LogP contribution in [-0.2, 0) is 27.5 Å². The van der Waals surface area contributed by atoms with Crippen molar-refractivity contribution in [2.75, 3.05) is 52.5 Å². The number of hydrogen-bond acceptors (Lipinski definition) is 6. The first-order chi connectivity index (χ1) is 18.6. The first-order valence-electron chi connectivity index (χ1n) is 13.1. The van der Waals surface area contributed by atoms with Gasteiger partial charge in [0.2, 0.25) is 10.0 Å². The number of hydrogen-bond donors (Lipinski definition) is 0. The predicted molar refractivity (Wildman–Crippen MR) is 139 cm³/mol. The molecule has 4 rings (SSSR count). The summed E-state index contributed by atoms with van der Waals surface area (Å²) in [5.41, 5.74) is 0.130. The summed E-state index contributed by atoms with van der Waals surface area (Å²) in [6, 6.07) is 11.6. The van der Waals surface area contributed by atoms with Gasteiger partial charge in [0, 0.05) is 51.7 Å². The smallest absolute Gasteiger partial charge is 0.416 e. The highest BCUT2D eigenvalue weighted by Crippen LogP contribution is 2.32. The quantitative estimate of drug-likeness (QED) is 0.467. The topological polar surface area (TPSA) is 79.4 Å². The number of halogens is 3. The summed E-state index contributed by atoms with van der Waals surface area (Å²) in [6.45, 7) is 6.45. The molecule has 0 bridgehead atoms. The largest absolute Gasteiger partial charge is 0.493 e. The Labute approximate surface area is 227 Å². The van der Waals surface area contributed by atoms with Gasteiger partial charge in [-0.15, -0.1) is 0 Å². The van der Waals surface area contributed by atoms with E-state index in [2.05, 4.69) is 4.90 Å². The molecule has 12 heteroatoms. The number of nitrogens with zero attached hydrogens (tertiary/aromatic N) is 3. The Morgan fingerprint density at radius 1 is 1.03 bits per heavy atom. The SMILES string of the molecule is CCOC(=O)N1CCN(Cc2ccc(OC[C@H]3CCCN(S(=O)(=O)c4cccc(C(F)(F)F)c4)C3)cc2)CC1. The van der Waals surface area contributed by atoms with Crippen molar-refractivity contribution >= 4 is 16.1 Å². The predicted octanol–water partition coefficient (Wildman–Crippen LogP) is 4.46. The fourth-order valence-electron chi connectivity index (χ4n) is 4.83. The molecule has 39 heavy (non-hydrogen) atoms. The van der Waals surface area contributed by atoms with Gasteiger partial charge in [0.25, 0.3) is 0 Å². The van der Waals surface area contributed by atoms with E-state index in [1.54, 1.807) is 11.8 Å². The van der Waals surface area contributed by atoms with E-state index in [0.29, 0.717) is 44.5 Å². The minimum Gasteiger partial charge on any atom is -0.493 e. The fraction of sp³-hybridized carbons (Fsp3) is 0.519. The first-order valence-corrected chi connectivity index (χ1v) is 14.5. The highest BCUT2D eigenvalue weighted by atomic mass is 32.2. The van der Waals surface area contributed by atoms with E-state index in [0.717, 1.165) is 43.8 Å². The second-order valence-electron chi connectivity index (χ2n) is 9.81. The Balaban J connectivity index is 1.27. The zero-order valence-electron chi connectivity index (χ0n) is 21.9. The third kappa shape index (κ3) is 7.64. The van der Waals surface area contributed by atoms with Crippen LogP contribution in [0, 0.1) is 5.92 Å². The van der Waals surface area contributed by atoms with Crippen LogP contribution in [0.3, 0.4) is 0 Å². The monoisotopic (exact) mass is 569 g/mol. The molecule has 1 amide bonds. The van der Waals surface area contributed by atoms with Crippen LogP contribution in [0.25, 0.3) is 0 Å². The number of piperidine rings is 1. The minimum atomic E-state index is -4.61. The molecule has 1 atom stereocenters. The molecule has 0 unspecified atom stereocenters. The van der Waals surface area contributed by atoms with E-state index in [1.165, 1.54) is 10.4 Å². The van der Waals surface area contributed by atoms with Crippen LogP contribution in [0.1, 0.15) is 30.9 Å². The summed E-state index contributed by atoms with van der Waals surface area (Å²) in [5.74, 6) is 0.596. The molecule has 8 nitrogen and oxygen atoms in total. The summed E-state index contributed by atoms with van der Waals surface area (Å²) in [6.07, 6.45) is -3.51. The van der Waals surface area contributed by atoms with Crippen molar-refractivity contribution in [3.63, 3.8) is 0 Å². The number of ether oxygens (including phenoxy) is 2. The molecule has 2 fully saturated rings. The number of amides is 1. The van der Waals surface area contributed by atoms with Crippen molar-refractivity contribution in [2.45, 2.75) is 37.4 Å². The van der Waals surface area contributed by atoms with Crippen LogP contribution in [0.4, 0.5) is 18.0 Å². The first kappa shape index (κ1) is 29.2. The maximum Gasteiger partial charge on any atom is 0.416 e. The van der Waals surface area contributed by atoms with Crippen LogP contribution < -0.4 is 4.74 Å². The molecular weight excluding hydrogens is 535 g/mol. The van der Waals surface area contributed by atoms with Crippen molar-refractivity contribution in [2.24, 2.45) is 5.92 Å². The summed E-state index contributed by atoms with van der Waals surface area (Å²) in [4.78, 5) is 15.5. The summed E-state index contributed by atoms with van der Waals surface area (Å²) >= 11 is 0. The van der Waals surface area contributed by atoms with Gasteiger partial charge in [-0.1, -0.05) is 18.2 Å². The van der Waals surface area contributed by atoms with E-state index >= 15 is 0 Å². The molecule has 0 N–H and O–H groups in total. The van der Waals surface area contributed by atoms with Gasteiger partial charge >= 0.3 is 12.3 Å². The van der Waals surface area contributed by atoms with Crippen molar-refractivity contribution in [1.29, 1.82) is 0 Å². The molecule has 2 aliphatic rings. The van der Waals surface area contributed by atoms with Crippen LogP contribution in [0.15, 0.2) is 53.4 Å². The summed E-state index contributed by atoms with van der Waals surface area (Å²) < 4.78 is 77.6. The highest BCUT2D eigenvalue weighted by Gasteiger charge is 2.34. The lowest BCUT2D eigenvalue weighted by molar-refractivity contribution is -0.137. The van der Waals surface area contributed by atoms with Gasteiger partial charge in [-0.25, -0.2) is 13.2 Å². The van der Waals surface area contributed by atoms with Gasteiger partial charge in [0.05, 0.1) is 23.7 Å². The van der Waals surface area contributed by atoms with Gasteiger partial charge < -0.3 is 14.4 Å². The van der Waals surface area contributed by atoms with E-state index in [9.17, 15) is 26.4 Å². The van der Waals surface area contributed by atoms with E-state index in [-0.39, 0.29) is 30.0 Å². The molecule has 214 valence electrons. The Morgan fingerprint density at radius 3 is 2.41 bits per heavy atom. The van der Waals surface area contributed by atoms with Gasteiger partial charge in [0.1, 0.15) is 5.75 Å². The highest BCUT2D eigenvalue weighted by molar-refractivity contribution is 7.89. The average Bonchev–Trinajstić information content (AvgIpc) is 2.93. The standard InChI is InChI=1S/C27H34F3N3O5S/c1-2-37-26(34)32-15-13-31(14-16-32)18-21-8-10-24(11-9-21)38-20-22-5-4-12-33(19-22)39(35,36)25-7-3-6-23(17-25)27(28,29)30/h3,6-11,17,22H,2,4-5,12-16,18-20H2,1H3/t22-/m0/s1. The fourth-order valence-corrected chi connectivity index (χ4v) is 6.43. The van der Waals surface area contributed by atoms with Crippen LogP contribution >= 0.6 is 0 Å². The number of rotatable bonds is 8. The van der Waals surface area contributed by atoms with Crippen LogP contribution in [-0.4, -0.2) is 81.1 Å². The zero-order valence-corrected chi connectivity index (χ0v) is 22.7. The summed E-state index contributed by atoms with van der Waals surface area (Å²) in [5, 5.41) is 0. The minimum absolute atomic E-state index is 0.0744. The molecule has 2 aromatic carbocycles. The lowest BCUT2D eigenvalue weighted by Crippen LogP contribution is -2.48. The maximum atomic E-state index is 13.1. The maximum absolute atomic E-state index is 13.1. The van der Waals surface area contributed by atoms with Gasteiger partial charge in [-0.2, -0.15) is 17.5 Å². The molecular formula is C27H34F3N3O5S.